The van der Waals surface area contributed by atoms with Crippen LogP contribution in [0.1, 0.15) is 97.9 Å². The summed E-state index contributed by atoms with van der Waals surface area (Å²) in [4.78, 5) is 0. The molecule has 47 heavy (non-hydrogen) atoms. The minimum Gasteiger partial charge on any atom is -1.00 e. The zero-order chi connectivity index (χ0) is 31.1. The Morgan fingerprint density at radius 1 is 0.489 bits per heavy atom. The van der Waals surface area contributed by atoms with Gasteiger partial charge in [-0.05, 0) is 0 Å². The Kier molecular flexibility index (Phi) is 9.19. The molecule has 4 aromatic rings. The van der Waals surface area contributed by atoms with Crippen LogP contribution in [-0.2, 0) is 16.6 Å². The summed E-state index contributed by atoms with van der Waals surface area (Å²) < 4.78 is 3.11. The maximum Gasteiger partial charge on any atom is -1.00 e. The number of fused-ring (bicyclic) bond motifs is 3. The molecule has 1 saturated carbocycles. The van der Waals surface area contributed by atoms with Gasteiger partial charge >= 0.3 is 276 Å². The standard InChI is InChI=1S/2C19H19.C6H10.2ClH.Ti/c2*1-19(2,3)16-12-15-10-7-11-17(18(15)13-16)14-8-5-4-6-9-14;1-2-4-6-5-3-1;;;/h2*4-13H,1-3H3;1-2H,3-6H2;2*1H;/q;;;;;+2/p-2. The van der Waals surface area contributed by atoms with Crippen molar-refractivity contribution in [3.8, 4) is 22.3 Å². The van der Waals surface area contributed by atoms with Crippen LogP contribution in [-0.4, -0.2) is 0 Å². The van der Waals surface area contributed by atoms with Crippen LogP contribution in [0.25, 0.3) is 34.4 Å². The van der Waals surface area contributed by atoms with Gasteiger partial charge in [-0.1, -0.05) is 0 Å². The van der Waals surface area contributed by atoms with Gasteiger partial charge in [-0.3, -0.25) is 0 Å². The average molecular weight is 696 g/mol. The second-order valence-corrected chi connectivity index (χ2v) is 23.7. The van der Waals surface area contributed by atoms with Crippen molar-refractivity contribution in [2.24, 2.45) is 10.8 Å². The van der Waals surface area contributed by atoms with E-state index in [2.05, 4.69) is 151 Å². The molecule has 4 aliphatic rings. The van der Waals surface area contributed by atoms with Crippen molar-refractivity contribution in [2.45, 2.75) is 84.1 Å². The van der Waals surface area contributed by atoms with Crippen LogP contribution in [0.2, 0.25) is 8.45 Å². The summed E-state index contributed by atoms with van der Waals surface area (Å²) in [5.74, 6) is 0. The second-order valence-electron chi connectivity index (χ2n) is 16.4. The maximum absolute atomic E-state index is 2.79. The SMILES string of the molecule is CC(C)(C)C1=Cc2c(-c3ccccc3)cccc2[CH]1[Ti+2]1([CH]2C(C(C)(C)C)=Cc3c(-c4ccccc4)cccc32)[CH]2CCCC[CH]21.[Cl-].[Cl-]. The Bertz CT molecular complexity index is 1700. The minimum absolute atomic E-state index is 0. The molecule has 0 spiro atoms. The van der Waals surface area contributed by atoms with Crippen molar-refractivity contribution in [1.29, 1.82) is 0 Å². The van der Waals surface area contributed by atoms with Crippen LogP contribution in [0.3, 0.4) is 0 Å². The number of halogens is 2. The van der Waals surface area contributed by atoms with E-state index in [4.69, 9.17) is 0 Å². The van der Waals surface area contributed by atoms with Gasteiger partial charge < -0.3 is 24.8 Å². The van der Waals surface area contributed by atoms with Crippen molar-refractivity contribution in [3.05, 3.63) is 130 Å². The molecular weight excluding hydrogens is 647 g/mol. The molecule has 1 aliphatic heterocycles. The smallest absolute Gasteiger partial charge is 1.00 e. The molecule has 0 N–H and O–H groups in total. The average Bonchev–Trinajstić information content (AvgIpc) is 3.31. The largest absolute Gasteiger partial charge is 1.00 e. The topological polar surface area (TPSA) is 0 Å². The van der Waals surface area contributed by atoms with Gasteiger partial charge in [0, 0.05) is 0 Å². The number of hydrogen-bond acceptors (Lipinski definition) is 0. The van der Waals surface area contributed by atoms with E-state index in [9.17, 15) is 0 Å². The first kappa shape index (κ1) is 34.5. The minimum atomic E-state index is -2.79. The third-order valence-electron chi connectivity index (χ3n) is 12.0. The Labute approximate surface area is 299 Å². The van der Waals surface area contributed by atoms with Gasteiger partial charge in [0.05, 0.1) is 0 Å². The van der Waals surface area contributed by atoms with Crippen LogP contribution in [0.4, 0.5) is 0 Å². The van der Waals surface area contributed by atoms with E-state index in [0.29, 0.717) is 8.45 Å². The molecule has 8 rings (SSSR count). The fourth-order valence-corrected chi connectivity index (χ4v) is 24.9. The Balaban J connectivity index is 0.00000193. The zero-order valence-electron chi connectivity index (χ0n) is 28.8. The first-order valence-electron chi connectivity index (χ1n) is 17.4. The summed E-state index contributed by atoms with van der Waals surface area (Å²) >= 11 is -2.79. The summed E-state index contributed by atoms with van der Waals surface area (Å²) in [7, 11) is 0. The molecule has 2 fully saturated rings. The normalized spacial score (nSPS) is 24.4. The van der Waals surface area contributed by atoms with Crippen LogP contribution >= 0.6 is 0 Å². The summed E-state index contributed by atoms with van der Waals surface area (Å²) in [6.07, 6.45) is 11.1. The number of benzene rings is 4. The number of allylic oxidation sites excluding steroid dienone is 2. The van der Waals surface area contributed by atoms with Crippen molar-refractivity contribution in [1.82, 2.24) is 0 Å². The van der Waals surface area contributed by atoms with E-state index in [-0.39, 0.29) is 35.6 Å². The predicted molar refractivity (Wildman–Crippen MR) is 190 cm³/mol. The first-order valence-corrected chi connectivity index (χ1v) is 21.0. The molecule has 0 bridgehead atoms. The molecule has 0 amide bonds. The van der Waals surface area contributed by atoms with E-state index in [1.165, 1.54) is 59.1 Å². The summed E-state index contributed by atoms with van der Waals surface area (Å²) in [5.41, 5.74) is 15.6. The van der Waals surface area contributed by atoms with E-state index in [1.807, 2.05) is 0 Å². The summed E-state index contributed by atoms with van der Waals surface area (Å²) in [6.45, 7) is 15.0. The van der Waals surface area contributed by atoms with E-state index >= 15 is 0 Å². The Morgan fingerprint density at radius 2 is 0.872 bits per heavy atom. The third kappa shape index (κ3) is 5.38. The fourth-order valence-electron chi connectivity index (χ4n) is 10.2. The van der Waals surface area contributed by atoms with Crippen molar-refractivity contribution in [3.63, 3.8) is 0 Å². The molecule has 4 aromatic carbocycles. The molecule has 1 saturated heterocycles. The van der Waals surface area contributed by atoms with Crippen LogP contribution in [0.5, 0.6) is 0 Å². The number of hydrogen-bond donors (Lipinski definition) is 0. The van der Waals surface area contributed by atoms with Gasteiger partial charge in [-0.2, -0.15) is 0 Å². The molecule has 0 radical (unpaired) electrons. The molecule has 0 aromatic heterocycles. The molecule has 4 unspecified atom stereocenters. The predicted octanol–water partition coefficient (Wildman–Crippen LogP) is 7.02. The molecule has 242 valence electrons. The van der Waals surface area contributed by atoms with Gasteiger partial charge in [0.2, 0.25) is 0 Å². The molecule has 3 heteroatoms. The zero-order valence-corrected chi connectivity index (χ0v) is 31.9. The van der Waals surface area contributed by atoms with Crippen LogP contribution in [0.15, 0.2) is 108 Å². The third-order valence-corrected chi connectivity index (χ3v) is 22.6. The molecule has 0 nitrogen and oxygen atoms in total. The van der Waals surface area contributed by atoms with Gasteiger partial charge in [-0.15, -0.1) is 0 Å². The summed E-state index contributed by atoms with van der Waals surface area (Å²) in [6, 6.07) is 36.9. The molecular formula is C44H48Cl2Ti. The van der Waals surface area contributed by atoms with Crippen molar-refractivity contribution in [2.75, 3.05) is 0 Å². The van der Waals surface area contributed by atoms with Gasteiger partial charge in [0.15, 0.2) is 0 Å². The Morgan fingerprint density at radius 3 is 1.23 bits per heavy atom. The van der Waals surface area contributed by atoms with Gasteiger partial charge in [0.25, 0.3) is 0 Å². The van der Waals surface area contributed by atoms with Crippen molar-refractivity contribution < 1.29 is 41.4 Å². The first-order chi connectivity index (χ1) is 21.6. The monoisotopic (exact) mass is 694 g/mol. The van der Waals surface area contributed by atoms with Gasteiger partial charge in [-0.25, -0.2) is 0 Å². The quantitative estimate of drug-likeness (QED) is 0.202. The van der Waals surface area contributed by atoms with Crippen LogP contribution in [0, 0.1) is 10.8 Å². The molecule has 1 heterocycles. The van der Waals surface area contributed by atoms with Gasteiger partial charge in [0.1, 0.15) is 0 Å². The number of rotatable bonds is 4. The Hall–Kier alpha value is -2.35. The van der Waals surface area contributed by atoms with E-state index < -0.39 is 16.6 Å². The summed E-state index contributed by atoms with van der Waals surface area (Å²) in [5, 5.41) is 0. The molecule has 3 aliphatic carbocycles. The van der Waals surface area contributed by atoms with E-state index in [1.54, 1.807) is 22.3 Å². The molecule has 4 atom stereocenters. The van der Waals surface area contributed by atoms with Crippen molar-refractivity contribution >= 4 is 12.2 Å². The van der Waals surface area contributed by atoms with Crippen LogP contribution < -0.4 is 24.8 Å². The second kappa shape index (κ2) is 12.5. The van der Waals surface area contributed by atoms with E-state index in [0.717, 1.165) is 8.45 Å². The fraction of sp³-hybridized carbons (Fsp3) is 0.364. The maximum atomic E-state index is 2.69.